The summed E-state index contributed by atoms with van der Waals surface area (Å²) in [5.41, 5.74) is 1.78. The number of rotatable bonds is 8. The SMILES string of the molecule is COc1cc(OC)cc(C(=O)Nc2nc3c(s2)CCC3C(=O)Nc2ccc(Oc3ccccc3)cc2)c1. The smallest absolute Gasteiger partial charge is 0.257 e. The minimum Gasteiger partial charge on any atom is -0.497 e. The van der Waals surface area contributed by atoms with Gasteiger partial charge in [-0.05, 0) is 61.4 Å². The van der Waals surface area contributed by atoms with Gasteiger partial charge < -0.3 is 19.5 Å². The van der Waals surface area contributed by atoms with Crippen LogP contribution in [0.25, 0.3) is 0 Å². The summed E-state index contributed by atoms with van der Waals surface area (Å²) in [6.45, 7) is 0. The maximum Gasteiger partial charge on any atom is 0.257 e. The third-order valence-electron chi connectivity index (χ3n) is 5.97. The summed E-state index contributed by atoms with van der Waals surface area (Å²) < 4.78 is 16.3. The number of anilines is 2. The number of aryl methyl sites for hydroxylation is 1. The second-order valence-electron chi connectivity index (χ2n) is 8.40. The van der Waals surface area contributed by atoms with E-state index in [4.69, 9.17) is 14.2 Å². The number of benzene rings is 3. The highest BCUT2D eigenvalue weighted by atomic mass is 32.1. The van der Waals surface area contributed by atoms with E-state index in [9.17, 15) is 9.59 Å². The fourth-order valence-corrected chi connectivity index (χ4v) is 5.14. The van der Waals surface area contributed by atoms with Gasteiger partial charge in [0.15, 0.2) is 5.13 Å². The van der Waals surface area contributed by atoms with Crippen molar-refractivity contribution in [1.29, 1.82) is 0 Å². The maximum atomic E-state index is 13.1. The summed E-state index contributed by atoms with van der Waals surface area (Å²) in [5, 5.41) is 6.26. The van der Waals surface area contributed by atoms with Crippen LogP contribution in [0.1, 0.15) is 33.3 Å². The number of aromatic nitrogens is 1. The monoisotopic (exact) mass is 515 g/mol. The number of methoxy groups -OCH3 is 2. The molecular weight excluding hydrogens is 490 g/mol. The molecule has 37 heavy (non-hydrogen) atoms. The molecule has 8 nitrogen and oxygen atoms in total. The van der Waals surface area contributed by atoms with E-state index >= 15 is 0 Å². The molecule has 0 saturated heterocycles. The Balaban J connectivity index is 1.23. The summed E-state index contributed by atoms with van der Waals surface area (Å²) in [4.78, 5) is 31.5. The van der Waals surface area contributed by atoms with Gasteiger partial charge in [0.2, 0.25) is 5.91 Å². The molecule has 1 heterocycles. The summed E-state index contributed by atoms with van der Waals surface area (Å²) in [7, 11) is 3.06. The topological polar surface area (TPSA) is 98.8 Å². The lowest BCUT2D eigenvalue weighted by Gasteiger charge is -2.12. The van der Waals surface area contributed by atoms with Crippen molar-refractivity contribution >= 4 is 34.0 Å². The fourth-order valence-electron chi connectivity index (χ4n) is 4.10. The molecule has 4 aromatic rings. The molecule has 1 atom stereocenters. The molecule has 0 bridgehead atoms. The van der Waals surface area contributed by atoms with Crippen LogP contribution in [0.4, 0.5) is 10.8 Å². The number of nitrogens with zero attached hydrogens (tertiary/aromatic N) is 1. The van der Waals surface area contributed by atoms with Crippen LogP contribution in [-0.2, 0) is 11.2 Å². The summed E-state index contributed by atoms with van der Waals surface area (Å²) >= 11 is 1.39. The molecule has 0 aliphatic heterocycles. The normalized spacial score (nSPS) is 13.9. The minimum atomic E-state index is -0.380. The lowest BCUT2D eigenvalue weighted by Crippen LogP contribution is -2.20. The number of nitrogens with one attached hydrogen (secondary N) is 2. The average Bonchev–Trinajstić information content (AvgIpc) is 3.50. The molecule has 2 amide bonds. The van der Waals surface area contributed by atoms with Crippen LogP contribution in [0.5, 0.6) is 23.0 Å². The Hall–Kier alpha value is -4.37. The van der Waals surface area contributed by atoms with Crippen LogP contribution in [0.2, 0.25) is 0 Å². The summed E-state index contributed by atoms with van der Waals surface area (Å²) in [6.07, 6.45) is 1.41. The van der Waals surface area contributed by atoms with Crippen molar-refractivity contribution in [3.05, 3.63) is 88.9 Å². The van der Waals surface area contributed by atoms with E-state index in [0.717, 1.165) is 17.0 Å². The zero-order valence-electron chi connectivity index (χ0n) is 20.3. The van der Waals surface area contributed by atoms with Crippen molar-refractivity contribution in [2.45, 2.75) is 18.8 Å². The van der Waals surface area contributed by atoms with Crippen molar-refractivity contribution in [1.82, 2.24) is 4.98 Å². The van der Waals surface area contributed by atoms with Crippen LogP contribution >= 0.6 is 11.3 Å². The number of ether oxygens (including phenoxy) is 3. The van der Waals surface area contributed by atoms with Gasteiger partial charge in [0.1, 0.15) is 23.0 Å². The molecule has 0 radical (unpaired) electrons. The summed E-state index contributed by atoms with van der Waals surface area (Å²) in [5.74, 6) is 1.62. The van der Waals surface area contributed by atoms with Gasteiger partial charge in [0.25, 0.3) is 5.91 Å². The molecule has 5 rings (SSSR count). The number of carbonyl (C=O) groups is 2. The van der Waals surface area contributed by atoms with E-state index in [2.05, 4.69) is 15.6 Å². The zero-order valence-corrected chi connectivity index (χ0v) is 21.1. The van der Waals surface area contributed by atoms with E-state index in [1.54, 1.807) is 30.3 Å². The van der Waals surface area contributed by atoms with Gasteiger partial charge in [-0.2, -0.15) is 0 Å². The van der Waals surface area contributed by atoms with E-state index in [1.165, 1.54) is 25.6 Å². The molecule has 0 saturated carbocycles. The first-order valence-electron chi connectivity index (χ1n) is 11.7. The second kappa shape index (κ2) is 10.7. The first-order chi connectivity index (χ1) is 18.0. The van der Waals surface area contributed by atoms with Gasteiger partial charge >= 0.3 is 0 Å². The van der Waals surface area contributed by atoms with Gasteiger partial charge in [0.05, 0.1) is 25.8 Å². The van der Waals surface area contributed by atoms with Crippen molar-refractivity contribution in [3.8, 4) is 23.0 Å². The van der Waals surface area contributed by atoms with Crippen molar-refractivity contribution in [2.24, 2.45) is 0 Å². The molecule has 188 valence electrons. The predicted octanol–water partition coefficient (Wildman–Crippen LogP) is 5.87. The van der Waals surface area contributed by atoms with Crippen LogP contribution in [0.15, 0.2) is 72.8 Å². The Morgan fingerprint density at radius 2 is 1.54 bits per heavy atom. The van der Waals surface area contributed by atoms with E-state index in [1.807, 2.05) is 42.5 Å². The number of carbonyl (C=O) groups excluding carboxylic acids is 2. The van der Waals surface area contributed by atoms with Crippen LogP contribution in [0, 0.1) is 0 Å². The Labute approximate surface area is 218 Å². The van der Waals surface area contributed by atoms with Crippen molar-refractivity contribution in [2.75, 3.05) is 24.9 Å². The molecule has 1 unspecified atom stereocenters. The standard InChI is InChI=1S/C28H25N3O5S/c1-34-21-14-17(15-22(16-21)35-2)26(32)31-28-30-25-23(12-13-24(25)37-28)27(33)29-18-8-10-20(11-9-18)36-19-6-4-3-5-7-19/h3-11,14-16,23H,12-13H2,1-2H3,(H,29,33)(H,30,31,32). The molecule has 1 aromatic heterocycles. The number of para-hydroxylation sites is 1. The number of amides is 2. The van der Waals surface area contributed by atoms with Gasteiger partial charge in [-0.15, -0.1) is 11.3 Å². The molecule has 2 N–H and O–H groups in total. The van der Waals surface area contributed by atoms with Gasteiger partial charge in [-0.25, -0.2) is 4.98 Å². The Morgan fingerprint density at radius 3 is 2.22 bits per heavy atom. The Morgan fingerprint density at radius 1 is 0.865 bits per heavy atom. The van der Waals surface area contributed by atoms with E-state index in [-0.39, 0.29) is 17.7 Å². The summed E-state index contributed by atoms with van der Waals surface area (Å²) in [6, 6.07) is 21.7. The van der Waals surface area contributed by atoms with Gasteiger partial charge in [-0.1, -0.05) is 18.2 Å². The molecule has 1 aliphatic carbocycles. The molecule has 1 aliphatic rings. The third kappa shape index (κ3) is 5.57. The highest BCUT2D eigenvalue weighted by molar-refractivity contribution is 7.16. The second-order valence-corrected chi connectivity index (χ2v) is 9.49. The molecular formula is C28H25N3O5S. The lowest BCUT2D eigenvalue weighted by atomic mass is 10.1. The number of hydrogen-bond acceptors (Lipinski definition) is 7. The highest BCUT2D eigenvalue weighted by Gasteiger charge is 2.33. The quantitative estimate of drug-likeness (QED) is 0.304. The molecule has 0 fully saturated rings. The molecule has 0 spiro atoms. The highest BCUT2D eigenvalue weighted by Crippen LogP contribution is 2.39. The van der Waals surface area contributed by atoms with Crippen molar-refractivity contribution in [3.63, 3.8) is 0 Å². The molecule has 3 aromatic carbocycles. The largest absolute Gasteiger partial charge is 0.497 e. The zero-order chi connectivity index (χ0) is 25.8. The predicted molar refractivity (Wildman–Crippen MR) is 142 cm³/mol. The van der Waals surface area contributed by atoms with Crippen LogP contribution in [-0.4, -0.2) is 31.0 Å². The van der Waals surface area contributed by atoms with E-state index in [0.29, 0.717) is 45.7 Å². The lowest BCUT2D eigenvalue weighted by molar-refractivity contribution is -0.117. The number of fused-ring (bicyclic) bond motifs is 1. The fraction of sp³-hybridized carbons (Fsp3) is 0.179. The maximum absolute atomic E-state index is 13.1. The Kier molecular flexibility index (Phi) is 7.04. The van der Waals surface area contributed by atoms with Crippen molar-refractivity contribution < 1.29 is 23.8 Å². The molecule has 9 heteroatoms. The first kappa shape index (κ1) is 24.3. The average molecular weight is 516 g/mol. The minimum absolute atomic E-state index is 0.129. The van der Waals surface area contributed by atoms with Gasteiger partial charge in [-0.3, -0.25) is 14.9 Å². The van der Waals surface area contributed by atoms with E-state index < -0.39 is 0 Å². The number of hydrogen-bond donors (Lipinski definition) is 2. The third-order valence-corrected chi connectivity index (χ3v) is 7.02. The Bertz CT molecular complexity index is 1400. The first-order valence-corrected chi connectivity index (χ1v) is 12.5. The number of thiazole rings is 1. The van der Waals surface area contributed by atoms with Gasteiger partial charge in [0, 0.05) is 22.2 Å². The van der Waals surface area contributed by atoms with Crippen LogP contribution < -0.4 is 24.8 Å². The van der Waals surface area contributed by atoms with Crippen LogP contribution in [0.3, 0.4) is 0 Å².